The molecule has 2 saturated heterocycles. The molecule has 2 aromatic rings. The highest BCUT2D eigenvalue weighted by molar-refractivity contribution is 6.74. The van der Waals surface area contributed by atoms with Crippen LogP contribution >= 0.6 is 0 Å². The van der Waals surface area contributed by atoms with Crippen molar-refractivity contribution < 1.29 is 37.4 Å². The number of rotatable bonds is 11. The molecule has 1 aromatic carbocycles. The second-order valence-electron chi connectivity index (χ2n) is 18.9. The van der Waals surface area contributed by atoms with Gasteiger partial charge in [0.1, 0.15) is 29.4 Å². The molecule has 0 bridgehead atoms. The van der Waals surface area contributed by atoms with E-state index in [1.165, 1.54) is 12.1 Å². The Hall–Kier alpha value is -3.63. The van der Waals surface area contributed by atoms with E-state index in [0.717, 1.165) is 5.56 Å². The van der Waals surface area contributed by atoms with Crippen molar-refractivity contribution in [3.05, 3.63) is 53.0 Å². The number of pyridine rings is 1. The summed E-state index contributed by atoms with van der Waals surface area (Å²) in [6.45, 7) is 28.3. The molecule has 1 aromatic heterocycles. The van der Waals surface area contributed by atoms with Crippen LogP contribution in [0.15, 0.2) is 30.3 Å². The predicted molar refractivity (Wildman–Crippen MR) is 226 cm³/mol. The number of carbonyl (C=O) groups is 3. The van der Waals surface area contributed by atoms with Crippen LogP contribution in [0.5, 0.6) is 5.88 Å². The maximum absolute atomic E-state index is 14.7. The smallest absolute Gasteiger partial charge is 0.410 e. The van der Waals surface area contributed by atoms with Crippen molar-refractivity contribution in [1.82, 2.24) is 25.0 Å². The largest absolute Gasteiger partial charge is 0.474 e. The van der Waals surface area contributed by atoms with E-state index < -0.39 is 13.9 Å². The molecule has 5 rings (SSSR count). The topological polar surface area (TPSA) is 126 Å². The van der Waals surface area contributed by atoms with Crippen molar-refractivity contribution in [2.24, 2.45) is 0 Å². The molecule has 0 unspecified atom stereocenters. The summed E-state index contributed by atoms with van der Waals surface area (Å²) in [5.41, 5.74) is 1.38. The van der Waals surface area contributed by atoms with Gasteiger partial charge in [-0.25, -0.2) is 14.2 Å². The van der Waals surface area contributed by atoms with Crippen molar-refractivity contribution in [3.63, 3.8) is 0 Å². The molecule has 2 fully saturated rings. The highest BCUT2D eigenvalue weighted by Crippen LogP contribution is 2.37. The van der Waals surface area contributed by atoms with E-state index in [-0.39, 0.29) is 90.1 Å². The molecule has 15 heteroatoms. The van der Waals surface area contributed by atoms with Gasteiger partial charge in [0, 0.05) is 50.3 Å². The molecule has 1 N–H and O–H groups in total. The first-order valence-corrected chi connectivity index (χ1v) is 23.7. The molecule has 0 saturated carbocycles. The summed E-state index contributed by atoms with van der Waals surface area (Å²) in [7, 11) is -2.02. The van der Waals surface area contributed by atoms with Gasteiger partial charge >= 0.3 is 6.09 Å². The maximum Gasteiger partial charge on any atom is 0.410 e. The lowest BCUT2D eigenvalue weighted by atomic mass is 10.0. The Morgan fingerprint density at radius 1 is 0.931 bits per heavy atom. The van der Waals surface area contributed by atoms with Crippen LogP contribution in [0, 0.1) is 5.82 Å². The highest BCUT2D eigenvalue weighted by Gasteiger charge is 2.42. The number of aromatic nitrogens is 1. The van der Waals surface area contributed by atoms with Gasteiger partial charge in [-0.05, 0) is 102 Å². The van der Waals surface area contributed by atoms with Gasteiger partial charge in [-0.3, -0.25) is 19.4 Å². The van der Waals surface area contributed by atoms with Crippen LogP contribution < -0.4 is 15.0 Å². The Bertz CT molecular complexity index is 1760. The summed E-state index contributed by atoms with van der Waals surface area (Å²) < 4.78 is 38.0. The number of nitrogens with one attached hydrogen (secondary N) is 1. The summed E-state index contributed by atoms with van der Waals surface area (Å²) in [6, 6.07) is 7.60. The molecule has 3 aliphatic rings. The van der Waals surface area contributed by atoms with Crippen molar-refractivity contribution in [2.75, 3.05) is 64.1 Å². The van der Waals surface area contributed by atoms with Crippen LogP contribution in [0.2, 0.25) is 18.1 Å². The Labute approximate surface area is 346 Å². The van der Waals surface area contributed by atoms with Crippen LogP contribution in [0.3, 0.4) is 0 Å². The second-order valence-corrected chi connectivity index (χ2v) is 23.7. The third-order valence-corrected chi connectivity index (χ3v) is 16.4. The number of benzene rings is 1. The number of morpholine rings is 1. The van der Waals surface area contributed by atoms with Gasteiger partial charge in [-0.1, -0.05) is 32.9 Å². The number of fused-ring (bicyclic) bond motifs is 1. The fourth-order valence-electron chi connectivity index (χ4n) is 7.56. The molecule has 322 valence electrons. The van der Waals surface area contributed by atoms with E-state index in [1.54, 1.807) is 21.9 Å². The lowest BCUT2D eigenvalue weighted by Gasteiger charge is -2.49. The number of ether oxygens (including phenoxy) is 3. The zero-order valence-corrected chi connectivity index (χ0v) is 37.8. The zero-order valence-electron chi connectivity index (χ0n) is 36.8. The average Bonchev–Trinajstić information content (AvgIpc) is 3.11. The molecule has 13 nitrogen and oxygen atoms in total. The molecule has 5 atom stereocenters. The van der Waals surface area contributed by atoms with E-state index >= 15 is 0 Å². The van der Waals surface area contributed by atoms with Crippen LogP contribution in [0.1, 0.15) is 90.9 Å². The summed E-state index contributed by atoms with van der Waals surface area (Å²) >= 11 is 0. The number of nitrogens with zero attached hydrogens (tertiary/aromatic N) is 5. The van der Waals surface area contributed by atoms with Crippen molar-refractivity contribution in [3.8, 4) is 5.88 Å². The van der Waals surface area contributed by atoms with Crippen molar-refractivity contribution in [2.45, 2.75) is 130 Å². The normalized spacial score (nSPS) is 23.6. The quantitative estimate of drug-likeness (QED) is 0.210. The molecule has 58 heavy (non-hydrogen) atoms. The van der Waals surface area contributed by atoms with Gasteiger partial charge in [0.05, 0.1) is 32.4 Å². The van der Waals surface area contributed by atoms with Crippen LogP contribution in [-0.4, -0.2) is 141 Å². The standard InChI is InChI=1S/C43H67FN6O7Si/c1-28-21-47(35(22-48-29(2)25-54-26-30(48)3)23-49(28)41(53)57-42(5,6)7)24-37(51)50-31(4)27-55-40-36(50)20-33(19-32-13-15-34(44)16-14-32)38(46-40)39(52)45-17-18-56-58(11,12)43(8,9)10/h13-16,20,28-31,35H,17-19,21-27H2,1-12H3,(H,45,52)/t28-,29-,30-,31+,35+/m1/s1. The van der Waals surface area contributed by atoms with E-state index in [4.69, 9.17) is 23.6 Å². The minimum absolute atomic E-state index is 0.0324. The lowest BCUT2D eigenvalue weighted by molar-refractivity contribution is -0.123. The molecular weight excluding hydrogens is 760 g/mol. The molecule has 3 amide bonds. The van der Waals surface area contributed by atoms with Crippen LogP contribution in [0.4, 0.5) is 14.9 Å². The maximum atomic E-state index is 14.7. The fourth-order valence-corrected chi connectivity index (χ4v) is 8.61. The Morgan fingerprint density at radius 2 is 1.59 bits per heavy atom. The average molecular weight is 827 g/mol. The Kier molecular flexibility index (Phi) is 14.4. The SMILES string of the molecule is C[C@@H]1CN(CC(=O)N2c3cc(Cc4ccc(F)cc4)c(C(=O)NCCO[Si](C)(C)C(C)(C)C)nc3OC[C@@H]2C)[C@@H](CN2[C@H](C)COC[C@H]2C)CN1C(=O)OC(C)(C)C. The number of piperazine rings is 1. The number of halogens is 1. The summed E-state index contributed by atoms with van der Waals surface area (Å²) in [6.07, 6.45) is -0.0833. The second kappa shape index (κ2) is 18.3. The first-order valence-electron chi connectivity index (χ1n) is 20.8. The minimum Gasteiger partial charge on any atom is -0.474 e. The van der Waals surface area contributed by atoms with Gasteiger partial charge < -0.3 is 33.8 Å². The van der Waals surface area contributed by atoms with Crippen molar-refractivity contribution in [1.29, 1.82) is 0 Å². The van der Waals surface area contributed by atoms with E-state index in [9.17, 15) is 18.8 Å². The highest BCUT2D eigenvalue weighted by atomic mass is 28.4. The van der Waals surface area contributed by atoms with Crippen molar-refractivity contribution >= 4 is 31.9 Å². The van der Waals surface area contributed by atoms with Gasteiger partial charge in [0.15, 0.2) is 8.32 Å². The van der Waals surface area contributed by atoms with E-state index in [2.05, 4.69) is 62.8 Å². The summed E-state index contributed by atoms with van der Waals surface area (Å²) in [5.74, 6) is -0.682. The fraction of sp³-hybridized carbons (Fsp3) is 0.674. The first kappa shape index (κ1) is 45.5. The number of carbonyl (C=O) groups excluding carboxylic acids is 3. The minimum atomic E-state index is -2.02. The van der Waals surface area contributed by atoms with Crippen LogP contribution in [0.25, 0.3) is 0 Å². The number of anilines is 1. The summed E-state index contributed by atoms with van der Waals surface area (Å²) in [5, 5.41) is 3.01. The molecule has 0 radical (unpaired) electrons. The number of hydrogen-bond acceptors (Lipinski definition) is 10. The predicted octanol–water partition coefficient (Wildman–Crippen LogP) is 6.10. The molecule has 4 heterocycles. The van der Waals surface area contributed by atoms with Gasteiger partial charge in [0.2, 0.25) is 11.8 Å². The number of amides is 3. The van der Waals surface area contributed by atoms with Gasteiger partial charge in [-0.15, -0.1) is 0 Å². The van der Waals surface area contributed by atoms with Gasteiger partial charge in [-0.2, -0.15) is 0 Å². The Balaban J connectivity index is 1.42. The Morgan fingerprint density at radius 3 is 2.21 bits per heavy atom. The molecule has 3 aliphatic heterocycles. The molecular formula is C43H67FN6O7Si. The third-order valence-electron chi connectivity index (χ3n) is 11.9. The first-order chi connectivity index (χ1) is 27.0. The lowest BCUT2D eigenvalue weighted by Crippen LogP contribution is -2.65. The van der Waals surface area contributed by atoms with Crippen LogP contribution in [-0.2, 0) is 25.1 Å². The third kappa shape index (κ3) is 11.1. The molecule has 0 aliphatic carbocycles. The monoisotopic (exact) mass is 826 g/mol. The zero-order chi connectivity index (χ0) is 42.7. The van der Waals surface area contributed by atoms with Gasteiger partial charge in [0.25, 0.3) is 5.91 Å². The summed E-state index contributed by atoms with van der Waals surface area (Å²) in [4.78, 5) is 54.8. The molecule has 0 spiro atoms. The number of hydrogen-bond donors (Lipinski definition) is 1. The van der Waals surface area contributed by atoms with E-state index in [0.29, 0.717) is 57.3 Å². The van der Waals surface area contributed by atoms with E-state index in [1.807, 2.05) is 40.7 Å².